The van der Waals surface area contributed by atoms with Crippen LogP contribution >= 0.6 is 0 Å². The van der Waals surface area contributed by atoms with E-state index in [9.17, 15) is 27.6 Å². The Morgan fingerprint density at radius 1 is 1.04 bits per heavy atom. The first-order valence-electron chi connectivity index (χ1n) is 15.5. The Bertz CT molecular complexity index is 1550. The van der Waals surface area contributed by atoms with Crippen molar-refractivity contribution in [1.82, 2.24) is 40.4 Å². The zero-order valence-corrected chi connectivity index (χ0v) is 25.1. The van der Waals surface area contributed by atoms with Crippen molar-refractivity contribution < 1.29 is 27.6 Å². The van der Waals surface area contributed by atoms with Crippen molar-refractivity contribution in [1.29, 1.82) is 0 Å². The molecule has 240 valence electrons. The summed E-state index contributed by atoms with van der Waals surface area (Å²) in [6, 6.07) is 6.41. The molecule has 0 aliphatic carbocycles. The zero-order valence-electron chi connectivity index (χ0n) is 25.1. The Balaban J connectivity index is 1.20. The highest BCUT2D eigenvalue weighted by molar-refractivity contribution is 5.94. The second-order valence-electron chi connectivity index (χ2n) is 12.3. The number of pyridine rings is 1. The molecule has 0 unspecified atom stereocenters. The number of likely N-dealkylation sites (tertiary alicyclic amines) is 2. The van der Waals surface area contributed by atoms with Gasteiger partial charge in [0.25, 0.3) is 0 Å². The molecule has 3 saturated heterocycles. The van der Waals surface area contributed by atoms with Crippen LogP contribution in [-0.4, -0.2) is 85.8 Å². The van der Waals surface area contributed by atoms with E-state index >= 15 is 0 Å². The Hall–Kier alpha value is -4.07. The second kappa shape index (κ2) is 12.7. The van der Waals surface area contributed by atoms with E-state index in [0.29, 0.717) is 50.0 Å². The number of nitrogens with zero attached hydrogens (tertiary/aromatic N) is 6. The van der Waals surface area contributed by atoms with Gasteiger partial charge in [-0.25, -0.2) is 4.68 Å². The maximum atomic E-state index is 14.2. The van der Waals surface area contributed by atoms with Gasteiger partial charge in [0.15, 0.2) is 0 Å². The van der Waals surface area contributed by atoms with E-state index < -0.39 is 29.9 Å². The topological polar surface area (TPSA) is 125 Å². The number of halogens is 3. The molecule has 2 aromatic heterocycles. The standard InChI is InChI=1S/C31H37F3N8O3/c1-40-24-8-6-20(14-23(24)38-39-40)17-37-28(43)25-15-21(13-19-7-9-26(36-16-19)31(32,33)34)18-42(25)30(45)27-22(5-4-10-35-27)29(44)41-11-2-3-12-41/h6-9,14,16,21-22,25,27,35H,2-5,10-13,15,17-18H2,1H3,(H,37,43)/t21-,22+,25+,27-/m1/s1. The van der Waals surface area contributed by atoms with E-state index in [1.807, 2.05) is 23.1 Å². The normalized spacial score (nSPS) is 23.9. The molecule has 0 spiro atoms. The molecule has 0 saturated carbocycles. The molecule has 6 rings (SSSR count). The molecular formula is C31H37F3N8O3. The molecule has 3 fully saturated rings. The first kappa shape index (κ1) is 30.9. The van der Waals surface area contributed by atoms with Crippen LogP contribution in [0.5, 0.6) is 0 Å². The number of hydrogen-bond acceptors (Lipinski definition) is 7. The fourth-order valence-electron chi connectivity index (χ4n) is 6.88. The molecule has 5 heterocycles. The number of fused-ring (bicyclic) bond motifs is 1. The SMILES string of the molecule is Cn1nnc2cc(CNC(=O)[C@@H]3C[C@@H](Cc4ccc(C(F)(F)F)nc4)CN3C(=O)[C@@H]3NCCC[C@@H]3C(=O)N3CCCC3)ccc21. The first-order valence-corrected chi connectivity index (χ1v) is 15.5. The molecule has 0 bridgehead atoms. The Morgan fingerprint density at radius 3 is 2.56 bits per heavy atom. The average molecular weight is 627 g/mol. The largest absolute Gasteiger partial charge is 0.433 e. The third-order valence-corrected chi connectivity index (χ3v) is 9.21. The van der Waals surface area contributed by atoms with Crippen molar-refractivity contribution in [3.8, 4) is 0 Å². The molecule has 11 nitrogen and oxygen atoms in total. The van der Waals surface area contributed by atoms with Gasteiger partial charge in [0, 0.05) is 39.4 Å². The van der Waals surface area contributed by atoms with E-state index in [1.54, 1.807) is 16.6 Å². The fourth-order valence-corrected chi connectivity index (χ4v) is 6.88. The highest BCUT2D eigenvalue weighted by Gasteiger charge is 2.46. The number of amides is 3. The highest BCUT2D eigenvalue weighted by atomic mass is 19.4. The van der Waals surface area contributed by atoms with Crippen molar-refractivity contribution in [2.45, 2.75) is 63.3 Å². The predicted octanol–water partition coefficient (Wildman–Crippen LogP) is 2.45. The summed E-state index contributed by atoms with van der Waals surface area (Å²) in [5.74, 6) is -1.33. The van der Waals surface area contributed by atoms with E-state index in [2.05, 4.69) is 25.9 Å². The molecule has 3 amide bonds. The third-order valence-electron chi connectivity index (χ3n) is 9.21. The van der Waals surface area contributed by atoms with Crippen LogP contribution in [0.25, 0.3) is 11.0 Å². The summed E-state index contributed by atoms with van der Waals surface area (Å²) < 4.78 is 40.8. The Morgan fingerprint density at radius 2 is 1.82 bits per heavy atom. The summed E-state index contributed by atoms with van der Waals surface area (Å²) in [5.41, 5.74) is 2.00. The number of hydrogen-bond donors (Lipinski definition) is 2. The first-order chi connectivity index (χ1) is 21.6. The smallest absolute Gasteiger partial charge is 0.350 e. The van der Waals surface area contributed by atoms with Crippen LogP contribution in [0.15, 0.2) is 36.5 Å². The summed E-state index contributed by atoms with van der Waals surface area (Å²) >= 11 is 0. The van der Waals surface area contributed by atoms with Crippen LogP contribution in [0.3, 0.4) is 0 Å². The van der Waals surface area contributed by atoms with E-state index in [0.717, 1.165) is 36.4 Å². The van der Waals surface area contributed by atoms with Crippen LogP contribution in [-0.2, 0) is 40.6 Å². The van der Waals surface area contributed by atoms with Crippen molar-refractivity contribution in [2.75, 3.05) is 26.2 Å². The maximum Gasteiger partial charge on any atom is 0.433 e. The van der Waals surface area contributed by atoms with Gasteiger partial charge in [-0.05, 0) is 80.3 Å². The van der Waals surface area contributed by atoms with Gasteiger partial charge in [0.1, 0.15) is 17.3 Å². The highest BCUT2D eigenvalue weighted by Crippen LogP contribution is 2.32. The minimum Gasteiger partial charge on any atom is -0.350 e. The summed E-state index contributed by atoms with van der Waals surface area (Å²) in [6.07, 6.45) is 0.624. The van der Waals surface area contributed by atoms with E-state index in [4.69, 9.17) is 0 Å². The van der Waals surface area contributed by atoms with Gasteiger partial charge < -0.3 is 20.4 Å². The lowest BCUT2D eigenvalue weighted by Crippen LogP contribution is -2.59. The summed E-state index contributed by atoms with van der Waals surface area (Å²) in [4.78, 5) is 48.3. The van der Waals surface area contributed by atoms with Gasteiger partial charge in [-0.15, -0.1) is 5.10 Å². The molecular weight excluding hydrogens is 589 g/mol. The van der Waals surface area contributed by atoms with E-state index in [1.165, 1.54) is 12.3 Å². The predicted molar refractivity (Wildman–Crippen MR) is 157 cm³/mol. The van der Waals surface area contributed by atoms with Crippen molar-refractivity contribution in [3.05, 3.63) is 53.3 Å². The number of piperidine rings is 1. The van der Waals surface area contributed by atoms with Crippen LogP contribution in [0.2, 0.25) is 0 Å². The molecule has 1 aromatic carbocycles. The van der Waals surface area contributed by atoms with Crippen LogP contribution in [0, 0.1) is 11.8 Å². The Labute approximate surface area is 258 Å². The van der Waals surface area contributed by atoms with Crippen molar-refractivity contribution in [3.63, 3.8) is 0 Å². The van der Waals surface area contributed by atoms with Gasteiger partial charge >= 0.3 is 6.18 Å². The monoisotopic (exact) mass is 626 g/mol. The van der Waals surface area contributed by atoms with Crippen LogP contribution in [0.4, 0.5) is 13.2 Å². The number of alkyl halides is 3. The van der Waals surface area contributed by atoms with Crippen molar-refractivity contribution >= 4 is 28.8 Å². The number of carbonyl (C=O) groups is 3. The zero-order chi connectivity index (χ0) is 31.7. The van der Waals surface area contributed by atoms with Gasteiger partial charge in [0.2, 0.25) is 17.7 Å². The lowest BCUT2D eigenvalue weighted by Gasteiger charge is -2.36. The number of carbonyl (C=O) groups excluding carboxylic acids is 3. The van der Waals surface area contributed by atoms with Gasteiger partial charge in [-0.3, -0.25) is 19.4 Å². The van der Waals surface area contributed by atoms with Gasteiger partial charge in [0.05, 0.1) is 17.5 Å². The lowest BCUT2D eigenvalue weighted by molar-refractivity contribution is -0.146. The third kappa shape index (κ3) is 6.65. The minimum absolute atomic E-state index is 0.0231. The van der Waals surface area contributed by atoms with Crippen LogP contribution in [0.1, 0.15) is 48.9 Å². The lowest BCUT2D eigenvalue weighted by atomic mass is 9.88. The molecule has 3 aliphatic heterocycles. The van der Waals surface area contributed by atoms with Crippen molar-refractivity contribution in [2.24, 2.45) is 18.9 Å². The second-order valence-corrected chi connectivity index (χ2v) is 12.3. The maximum absolute atomic E-state index is 14.2. The summed E-state index contributed by atoms with van der Waals surface area (Å²) in [5, 5.41) is 14.4. The van der Waals surface area contributed by atoms with E-state index in [-0.39, 0.29) is 36.7 Å². The number of nitrogens with one attached hydrogen (secondary N) is 2. The number of aromatic nitrogens is 4. The molecule has 4 atom stereocenters. The summed E-state index contributed by atoms with van der Waals surface area (Å²) in [7, 11) is 1.80. The molecule has 0 radical (unpaired) electrons. The number of rotatable bonds is 7. The molecule has 45 heavy (non-hydrogen) atoms. The number of benzene rings is 1. The van der Waals surface area contributed by atoms with Crippen LogP contribution < -0.4 is 10.6 Å². The Kier molecular flexibility index (Phi) is 8.76. The van der Waals surface area contributed by atoms with Gasteiger partial charge in [-0.1, -0.05) is 17.3 Å². The van der Waals surface area contributed by atoms with Gasteiger partial charge in [-0.2, -0.15) is 13.2 Å². The molecule has 3 aliphatic rings. The fraction of sp³-hybridized carbons (Fsp3) is 0.548. The minimum atomic E-state index is -4.54. The molecule has 2 N–H and O–H groups in total. The average Bonchev–Trinajstić information content (AvgIpc) is 3.80. The quantitative estimate of drug-likeness (QED) is 0.413. The molecule has 3 aromatic rings. The number of aryl methyl sites for hydroxylation is 1. The molecule has 14 heteroatoms. The summed E-state index contributed by atoms with van der Waals surface area (Å²) in [6.45, 7) is 2.43.